The van der Waals surface area contributed by atoms with E-state index < -0.39 is 24.7 Å². The van der Waals surface area contributed by atoms with Gasteiger partial charge in [0.05, 0.1) is 11.0 Å². The van der Waals surface area contributed by atoms with Gasteiger partial charge in [-0.15, -0.1) is 11.3 Å². The molecule has 0 atom stereocenters. The van der Waals surface area contributed by atoms with Gasteiger partial charge in [-0.25, -0.2) is 9.78 Å². The summed E-state index contributed by atoms with van der Waals surface area (Å²) < 4.78 is 41.7. The summed E-state index contributed by atoms with van der Waals surface area (Å²) in [5, 5.41) is 1.32. The van der Waals surface area contributed by atoms with Gasteiger partial charge in [0.15, 0.2) is 0 Å². The van der Waals surface area contributed by atoms with Gasteiger partial charge in [0.25, 0.3) is 5.91 Å². The predicted molar refractivity (Wildman–Crippen MR) is 163 cm³/mol. The third kappa shape index (κ3) is 6.29. The number of benzene rings is 2. The number of halogens is 4. The number of hydrogen-bond acceptors (Lipinski definition) is 8. The number of anilines is 3. The van der Waals surface area contributed by atoms with Gasteiger partial charge in [0.2, 0.25) is 5.95 Å². The lowest BCUT2D eigenvalue weighted by Crippen LogP contribution is -2.48. The van der Waals surface area contributed by atoms with Crippen LogP contribution < -0.4 is 14.9 Å². The second-order valence-corrected chi connectivity index (χ2v) is 11.8. The van der Waals surface area contributed by atoms with E-state index in [1.54, 1.807) is 36.4 Å². The molecule has 0 fully saturated rings. The van der Waals surface area contributed by atoms with Crippen molar-refractivity contribution in [1.82, 2.24) is 14.5 Å². The number of hydroxylamine groups is 1. The monoisotopic (exact) mass is 634 g/mol. The molecule has 0 radical (unpaired) electrons. The molecule has 0 bridgehead atoms. The van der Waals surface area contributed by atoms with Crippen molar-refractivity contribution in [3.05, 3.63) is 58.4 Å². The Morgan fingerprint density at radius 3 is 2.49 bits per heavy atom. The molecule has 228 valence electrons. The summed E-state index contributed by atoms with van der Waals surface area (Å²) in [4.78, 5) is 41.4. The third-order valence-electron chi connectivity index (χ3n) is 7.13. The van der Waals surface area contributed by atoms with Crippen molar-refractivity contribution < 1.29 is 27.6 Å². The van der Waals surface area contributed by atoms with E-state index in [4.69, 9.17) is 21.4 Å². The minimum absolute atomic E-state index is 0.0751. The first-order valence-electron chi connectivity index (χ1n) is 13.5. The number of alkyl halides is 3. The highest BCUT2D eigenvalue weighted by Gasteiger charge is 2.45. The molecule has 5 rings (SSSR count). The average molecular weight is 635 g/mol. The lowest BCUT2D eigenvalue weighted by atomic mass is 10.1. The number of carbonyl (C=O) groups excluding carboxylic acids is 2. The van der Waals surface area contributed by atoms with Gasteiger partial charge in [-0.05, 0) is 68.5 Å². The van der Waals surface area contributed by atoms with Crippen LogP contribution in [0.2, 0.25) is 5.02 Å². The number of rotatable bonds is 9. The molecule has 43 heavy (non-hydrogen) atoms. The van der Waals surface area contributed by atoms with Crippen LogP contribution in [0.1, 0.15) is 23.0 Å². The van der Waals surface area contributed by atoms with Gasteiger partial charge in [-0.2, -0.15) is 18.2 Å². The molecular weight excluding hydrogens is 605 g/mol. The van der Waals surface area contributed by atoms with Gasteiger partial charge in [-0.3, -0.25) is 9.69 Å². The van der Waals surface area contributed by atoms with Crippen LogP contribution in [0.15, 0.2) is 48.5 Å². The maximum atomic E-state index is 13.8. The molecule has 14 heteroatoms. The predicted octanol–water partition coefficient (Wildman–Crippen LogP) is 6.27. The molecule has 2 aromatic heterocycles. The van der Waals surface area contributed by atoms with Crippen LogP contribution >= 0.6 is 22.9 Å². The lowest BCUT2D eigenvalue weighted by Gasteiger charge is -2.34. The molecule has 0 saturated carbocycles. The van der Waals surface area contributed by atoms with Crippen LogP contribution in [0.4, 0.5) is 30.5 Å². The summed E-state index contributed by atoms with van der Waals surface area (Å²) in [6.45, 7) is 4.24. The molecule has 0 aliphatic carbocycles. The van der Waals surface area contributed by atoms with Crippen molar-refractivity contribution in [2.45, 2.75) is 26.1 Å². The molecule has 4 aromatic rings. The Kier molecular flexibility index (Phi) is 8.59. The molecule has 1 aliphatic heterocycles. The second kappa shape index (κ2) is 12.1. The van der Waals surface area contributed by atoms with E-state index in [0.29, 0.717) is 26.7 Å². The Balaban J connectivity index is 1.52. The van der Waals surface area contributed by atoms with Gasteiger partial charge in [0, 0.05) is 36.2 Å². The van der Waals surface area contributed by atoms with Crippen LogP contribution in [0.25, 0.3) is 21.5 Å². The van der Waals surface area contributed by atoms with Gasteiger partial charge < -0.3 is 19.2 Å². The first-order valence-corrected chi connectivity index (χ1v) is 14.7. The van der Waals surface area contributed by atoms with E-state index in [2.05, 4.69) is 23.4 Å². The van der Waals surface area contributed by atoms with Gasteiger partial charge >= 0.3 is 12.1 Å². The average Bonchev–Trinajstić information content (AvgIpc) is 3.57. The number of fused-ring (bicyclic) bond motifs is 2. The summed E-state index contributed by atoms with van der Waals surface area (Å²) in [5.41, 5.74) is 2.66. The van der Waals surface area contributed by atoms with Crippen LogP contribution in [-0.4, -0.2) is 73.4 Å². The number of carbonyl (C=O) groups is 2. The summed E-state index contributed by atoms with van der Waals surface area (Å²) in [5.74, 6) is -2.08. The normalized spacial score (nSPS) is 13.7. The maximum Gasteiger partial charge on any atom is 0.493 e. The largest absolute Gasteiger partial charge is 0.493 e. The summed E-state index contributed by atoms with van der Waals surface area (Å²) in [6, 6.07) is 13.6. The molecule has 0 spiro atoms. The van der Waals surface area contributed by atoms with Gasteiger partial charge in [0.1, 0.15) is 17.2 Å². The van der Waals surface area contributed by atoms with Crippen molar-refractivity contribution in [2.75, 3.05) is 55.8 Å². The number of amides is 1. The van der Waals surface area contributed by atoms with E-state index in [1.165, 1.54) is 11.0 Å². The van der Waals surface area contributed by atoms with Crippen LogP contribution in [0.5, 0.6) is 0 Å². The quantitative estimate of drug-likeness (QED) is 0.215. The number of aromatic nitrogens is 2. The summed E-state index contributed by atoms with van der Waals surface area (Å²) in [6.07, 6.45) is -4.32. The van der Waals surface area contributed by atoms with Crippen molar-refractivity contribution >= 4 is 63.2 Å². The SMILES string of the molecule is CCN(C)CCCn1c(N(C)C)nc2cc(N3CN(OC(=O)C(F)(F)F)c4cc(-c5ccc(Cl)cc5)sc4C3=O)ccc21. The first-order chi connectivity index (χ1) is 20.4. The number of thiophene rings is 1. The van der Waals surface area contributed by atoms with E-state index in [-0.39, 0.29) is 10.6 Å². The molecule has 0 unspecified atom stereocenters. The Bertz CT molecular complexity index is 1650. The van der Waals surface area contributed by atoms with Gasteiger partial charge in [-0.1, -0.05) is 30.7 Å². The van der Waals surface area contributed by atoms with E-state index in [9.17, 15) is 22.8 Å². The van der Waals surface area contributed by atoms with Crippen molar-refractivity contribution in [3.8, 4) is 10.4 Å². The molecule has 2 aromatic carbocycles. The van der Waals surface area contributed by atoms with Crippen LogP contribution in [0, 0.1) is 0 Å². The van der Waals surface area contributed by atoms with Crippen LogP contribution in [0.3, 0.4) is 0 Å². The zero-order valence-electron chi connectivity index (χ0n) is 24.0. The Hall–Kier alpha value is -3.81. The lowest BCUT2D eigenvalue weighted by molar-refractivity contribution is -0.201. The molecule has 0 saturated heterocycles. The minimum Gasteiger partial charge on any atom is -0.348 e. The van der Waals surface area contributed by atoms with Crippen molar-refractivity contribution in [2.24, 2.45) is 0 Å². The number of hydrogen-bond donors (Lipinski definition) is 0. The van der Waals surface area contributed by atoms with E-state index in [1.807, 2.05) is 25.1 Å². The van der Waals surface area contributed by atoms with Crippen LogP contribution in [-0.2, 0) is 16.2 Å². The smallest absolute Gasteiger partial charge is 0.348 e. The fraction of sp³-hybridized carbons (Fsp3) is 0.345. The number of aryl methyl sites for hydroxylation is 1. The number of imidazole rings is 1. The summed E-state index contributed by atoms with van der Waals surface area (Å²) >= 11 is 7.09. The Morgan fingerprint density at radius 1 is 1.12 bits per heavy atom. The highest BCUT2D eigenvalue weighted by Crippen LogP contribution is 2.42. The fourth-order valence-electron chi connectivity index (χ4n) is 4.79. The molecule has 1 amide bonds. The Labute approximate surface area is 255 Å². The minimum atomic E-state index is -5.22. The van der Waals surface area contributed by atoms with E-state index in [0.717, 1.165) is 53.9 Å². The molecule has 1 aliphatic rings. The number of nitrogens with zero attached hydrogens (tertiary/aromatic N) is 6. The fourth-order valence-corrected chi connectivity index (χ4v) is 6.02. The maximum absolute atomic E-state index is 13.8. The van der Waals surface area contributed by atoms with E-state index >= 15 is 0 Å². The molecular formula is C29H30ClF3N6O3S. The topological polar surface area (TPSA) is 74.2 Å². The third-order valence-corrected chi connectivity index (χ3v) is 8.54. The highest BCUT2D eigenvalue weighted by atomic mass is 35.5. The second-order valence-electron chi connectivity index (χ2n) is 10.3. The zero-order valence-corrected chi connectivity index (χ0v) is 25.6. The Morgan fingerprint density at radius 2 is 1.84 bits per heavy atom. The summed E-state index contributed by atoms with van der Waals surface area (Å²) in [7, 11) is 5.86. The molecule has 0 N–H and O–H groups in total. The zero-order chi connectivity index (χ0) is 31.1. The molecule has 3 heterocycles. The van der Waals surface area contributed by atoms with Crippen molar-refractivity contribution in [3.63, 3.8) is 0 Å². The molecule has 9 nitrogen and oxygen atoms in total. The first kappa shape index (κ1) is 30.6. The van der Waals surface area contributed by atoms with Crippen molar-refractivity contribution in [1.29, 1.82) is 0 Å². The highest BCUT2D eigenvalue weighted by molar-refractivity contribution is 7.18. The standard InChI is InChI=1S/C29H30ClF3N6O3S/c1-5-36(4)13-6-14-37-22-12-11-20(15-21(22)34-28(37)35(2)3)38-17-39(42-27(41)29(31,32)33)23-16-24(43-25(23)26(38)40)18-7-9-19(30)10-8-18/h7-12,15-16H,5-6,13-14,17H2,1-4H3.